The van der Waals surface area contributed by atoms with Crippen LogP contribution in [0.15, 0.2) is 24.3 Å². The molecule has 20 heavy (non-hydrogen) atoms. The minimum Gasteiger partial charge on any atom is -0.223 e. The number of benzene rings is 1. The lowest BCUT2D eigenvalue weighted by Crippen LogP contribution is -2.31. The summed E-state index contributed by atoms with van der Waals surface area (Å²) < 4.78 is 13.5. The molecule has 0 radical (unpaired) electrons. The highest BCUT2D eigenvalue weighted by atomic mass is 35.5. The Morgan fingerprint density at radius 3 is 2.80 bits per heavy atom. The summed E-state index contributed by atoms with van der Waals surface area (Å²) in [5, 5.41) is 0.588. The summed E-state index contributed by atoms with van der Waals surface area (Å²) in [6.45, 7) is 2.12. The molecule has 1 heterocycles. The fourth-order valence-corrected chi connectivity index (χ4v) is 3.32. The topological polar surface area (TPSA) is 25.8 Å². The van der Waals surface area contributed by atoms with Gasteiger partial charge in [-0.3, -0.25) is 0 Å². The molecule has 0 N–H and O–H groups in total. The van der Waals surface area contributed by atoms with E-state index in [0.717, 1.165) is 29.7 Å². The molecule has 1 atom stereocenters. The van der Waals surface area contributed by atoms with Crippen LogP contribution in [0.1, 0.15) is 30.2 Å². The van der Waals surface area contributed by atoms with Crippen molar-refractivity contribution in [1.29, 1.82) is 0 Å². The van der Waals surface area contributed by atoms with Gasteiger partial charge in [-0.25, -0.2) is 14.4 Å². The molecule has 0 aliphatic heterocycles. The first-order valence-electron chi connectivity index (χ1n) is 6.45. The van der Waals surface area contributed by atoms with Crippen molar-refractivity contribution in [2.45, 2.75) is 31.6 Å². The van der Waals surface area contributed by atoms with Gasteiger partial charge in [-0.2, -0.15) is 0 Å². The number of nitrogens with zero attached hydrogens (tertiary/aromatic N) is 2. The minimum absolute atomic E-state index is 0.157. The summed E-state index contributed by atoms with van der Waals surface area (Å²) in [7, 11) is 0. The van der Waals surface area contributed by atoms with Crippen LogP contribution < -0.4 is 0 Å². The third-order valence-electron chi connectivity index (χ3n) is 4.02. The van der Waals surface area contributed by atoms with Gasteiger partial charge in [0.05, 0.1) is 5.69 Å². The standard InChI is InChI=1S/C15H13Cl2FN2/c1-15(9-3-2-4-10(18)7-9)6-5-12-11(8-15)13(16)20-14(17)19-12/h2-4,7H,5-6,8H2,1H3/t15-/m0/s1. The number of aromatic nitrogens is 2. The summed E-state index contributed by atoms with van der Waals surface area (Å²) >= 11 is 12.0. The molecule has 5 heteroatoms. The van der Waals surface area contributed by atoms with Crippen LogP contribution in [0.2, 0.25) is 10.4 Å². The Hall–Kier alpha value is -1.19. The van der Waals surface area contributed by atoms with Crippen LogP contribution in [0.25, 0.3) is 0 Å². The second-order valence-corrected chi connectivity index (χ2v) is 6.15. The van der Waals surface area contributed by atoms with Crippen molar-refractivity contribution in [3.63, 3.8) is 0 Å². The Kier molecular flexibility index (Phi) is 3.43. The lowest BCUT2D eigenvalue weighted by atomic mass is 9.70. The van der Waals surface area contributed by atoms with Crippen LogP contribution >= 0.6 is 23.2 Å². The van der Waals surface area contributed by atoms with E-state index in [1.54, 1.807) is 12.1 Å². The van der Waals surface area contributed by atoms with Crippen molar-refractivity contribution in [2.75, 3.05) is 0 Å². The smallest absolute Gasteiger partial charge is 0.223 e. The SMILES string of the molecule is C[C@]1(c2cccc(F)c2)CCc2nc(Cl)nc(Cl)c2C1. The van der Waals surface area contributed by atoms with Gasteiger partial charge in [0.2, 0.25) is 5.28 Å². The molecule has 0 saturated heterocycles. The average Bonchev–Trinajstić information content (AvgIpc) is 2.40. The Bertz CT molecular complexity index is 675. The molecule has 1 aromatic carbocycles. The summed E-state index contributed by atoms with van der Waals surface area (Å²) in [6, 6.07) is 6.75. The Morgan fingerprint density at radius 2 is 2.05 bits per heavy atom. The summed E-state index contributed by atoms with van der Waals surface area (Å²) in [4.78, 5) is 8.26. The summed E-state index contributed by atoms with van der Waals surface area (Å²) in [5.41, 5.74) is 2.66. The van der Waals surface area contributed by atoms with Crippen molar-refractivity contribution in [3.05, 3.63) is 57.3 Å². The summed E-state index contributed by atoms with van der Waals surface area (Å²) in [6.07, 6.45) is 2.35. The normalized spacial score (nSPS) is 21.6. The fraction of sp³-hybridized carbons (Fsp3) is 0.333. The molecule has 1 aliphatic rings. The van der Waals surface area contributed by atoms with E-state index in [-0.39, 0.29) is 16.5 Å². The molecule has 0 spiro atoms. The highest BCUT2D eigenvalue weighted by Crippen LogP contribution is 2.40. The zero-order valence-corrected chi connectivity index (χ0v) is 12.5. The van der Waals surface area contributed by atoms with E-state index in [9.17, 15) is 4.39 Å². The molecule has 1 aliphatic carbocycles. The van der Waals surface area contributed by atoms with E-state index in [0.29, 0.717) is 11.6 Å². The fourth-order valence-electron chi connectivity index (χ4n) is 2.84. The van der Waals surface area contributed by atoms with Gasteiger partial charge >= 0.3 is 0 Å². The molecule has 1 aromatic heterocycles. The first kappa shape index (κ1) is 13.8. The molecule has 104 valence electrons. The quantitative estimate of drug-likeness (QED) is 0.577. The minimum atomic E-state index is -0.215. The Labute approximate surface area is 127 Å². The van der Waals surface area contributed by atoms with E-state index in [1.165, 1.54) is 6.07 Å². The largest absolute Gasteiger partial charge is 0.224 e. The van der Waals surface area contributed by atoms with E-state index < -0.39 is 0 Å². The lowest BCUT2D eigenvalue weighted by Gasteiger charge is -2.35. The molecule has 0 amide bonds. The molecule has 0 saturated carbocycles. The number of halogens is 3. The maximum absolute atomic E-state index is 13.5. The number of hydrogen-bond acceptors (Lipinski definition) is 2. The third-order valence-corrected chi connectivity index (χ3v) is 4.50. The molecular formula is C15H13Cl2FN2. The van der Waals surface area contributed by atoms with E-state index >= 15 is 0 Å². The van der Waals surface area contributed by atoms with Gasteiger partial charge < -0.3 is 0 Å². The zero-order chi connectivity index (χ0) is 14.3. The molecule has 2 aromatic rings. The van der Waals surface area contributed by atoms with Crippen molar-refractivity contribution >= 4 is 23.2 Å². The molecule has 2 nitrogen and oxygen atoms in total. The molecule has 3 rings (SSSR count). The molecule has 0 fully saturated rings. The van der Waals surface area contributed by atoms with Gasteiger partial charge in [-0.15, -0.1) is 0 Å². The van der Waals surface area contributed by atoms with Gasteiger partial charge in [0, 0.05) is 5.56 Å². The highest BCUT2D eigenvalue weighted by Gasteiger charge is 2.34. The maximum Gasteiger partial charge on any atom is 0.224 e. The predicted molar refractivity (Wildman–Crippen MR) is 77.8 cm³/mol. The first-order chi connectivity index (χ1) is 9.48. The number of hydrogen-bond donors (Lipinski definition) is 0. The van der Waals surface area contributed by atoms with Crippen molar-refractivity contribution < 1.29 is 4.39 Å². The third kappa shape index (κ3) is 2.40. The second kappa shape index (κ2) is 4.97. The van der Waals surface area contributed by atoms with Gasteiger partial charge in [0.25, 0.3) is 0 Å². The Balaban J connectivity index is 2.03. The zero-order valence-electron chi connectivity index (χ0n) is 11.0. The van der Waals surface area contributed by atoms with E-state index in [4.69, 9.17) is 23.2 Å². The van der Waals surface area contributed by atoms with Crippen molar-refractivity contribution in [1.82, 2.24) is 9.97 Å². The Morgan fingerprint density at radius 1 is 1.25 bits per heavy atom. The average molecular weight is 311 g/mol. The number of rotatable bonds is 1. The summed E-state index contributed by atoms with van der Waals surface area (Å²) in [5.74, 6) is -0.215. The second-order valence-electron chi connectivity index (χ2n) is 5.46. The molecule has 0 unspecified atom stereocenters. The molecular weight excluding hydrogens is 298 g/mol. The van der Waals surface area contributed by atoms with Crippen LogP contribution in [0.3, 0.4) is 0 Å². The van der Waals surface area contributed by atoms with Crippen LogP contribution in [-0.4, -0.2) is 9.97 Å². The van der Waals surface area contributed by atoms with Gasteiger partial charge in [0.1, 0.15) is 11.0 Å². The lowest BCUT2D eigenvalue weighted by molar-refractivity contribution is 0.401. The first-order valence-corrected chi connectivity index (χ1v) is 7.20. The van der Waals surface area contributed by atoms with Crippen LogP contribution in [0, 0.1) is 5.82 Å². The monoisotopic (exact) mass is 310 g/mol. The van der Waals surface area contributed by atoms with Crippen LogP contribution in [0.5, 0.6) is 0 Å². The van der Waals surface area contributed by atoms with Gasteiger partial charge in [-0.1, -0.05) is 30.7 Å². The van der Waals surface area contributed by atoms with Crippen molar-refractivity contribution in [3.8, 4) is 0 Å². The van der Waals surface area contributed by atoms with Gasteiger partial charge in [-0.05, 0) is 54.0 Å². The van der Waals surface area contributed by atoms with Gasteiger partial charge in [0.15, 0.2) is 0 Å². The van der Waals surface area contributed by atoms with Crippen LogP contribution in [-0.2, 0) is 18.3 Å². The van der Waals surface area contributed by atoms with E-state index in [2.05, 4.69) is 16.9 Å². The maximum atomic E-state index is 13.5. The van der Waals surface area contributed by atoms with Crippen LogP contribution in [0.4, 0.5) is 4.39 Å². The highest BCUT2D eigenvalue weighted by molar-refractivity contribution is 6.32. The predicted octanol–water partition coefficient (Wildman–Crippen LogP) is 4.37. The number of aryl methyl sites for hydroxylation is 1. The van der Waals surface area contributed by atoms with Crippen molar-refractivity contribution in [2.24, 2.45) is 0 Å². The number of fused-ring (bicyclic) bond motifs is 1. The van der Waals surface area contributed by atoms with E-state index in [1.807, 2.05) is 6.07 Å². The molecule has 0 bridgehead atoms.